The van der Waals surface area contributed by atoms with Gasteiger partial charge in [-0.2, -0.15) is 0 Å². The highest BCUT2D eigenvalue weighted by molar-refractivity contribution is 6.33. The van der Waals surface area contributed by atoms with E-state index in [2.05, 4.69) is 4.74 Å². The van der Waals surface area contributed by atoms with Gasteiger partial charge in [0.1, 0.15) is 5.82 Å². The van der Waals surface area contributed by atoms with E-state index in [4.69, 9.17) is 11.6 Å². The number of esters is 1. The monoisotopic (exact) mass is 202 g/mol. The van der Waals surface area contributed by atoms with Gasteiger partial charge in [-0.15, -0.1) is 0 Å². The maximum atomic E-state index is 12.7. The summed E-state index contributed by atoms with van der Waals surface area (Å²) < 4.78 is 17.4. The van der Waals surface area contributed by atoms with Crippen molar-refractivity contribution in [1.29, 1.82) is 0 Å². The van der Waals surface area contributed by atoms with Crippen LogP contribution in [0.5, 0.6) is 0 Å². The predicted molar refractivity (Wildman–Crippen MR) is 47.4 cm³/mol. The molecule has 1 aromatic carbocycles. The van der Waals surface area contributed by atoms with Crippen LogP contribution in [-0.2, 0) is 4.74 Å². The van der Waals surface area contributed by atoms with Gasteiger partial charge in [0.15, 0.2) is 0 Å². The Morgan fingerprint density at radius 1 is 1.62 bits per heavy atom. The van der Waals surface area contributed by atoms with Crippen molar-refractivity contribution >= 4 is 17.6 Å². The largest absolute Gasteiger partial charge is 0.462 e. The highest BCUT2D eigenvalue weighted by Crippen LogP contribution is 2.17. The quantitative estimate of drug-likeness (QED) is 0.690. The van der Waals surface area contributed by atoms with E-state index >= 15 is 0 Å². The molecule has 0 saturated heterocycles. The van der Waals surface area contributed by atoms with Crippen LogP contribution in [0, 0.1) is 5.82 Å². The molecule has 1 aromatic rings. The Labute approximate surface area is 80.3 Å². The zero-order valence-corrected chi connectivity index (χ0v) is 7.77. The number of rotatable bonds is 2. The maximum Gasteiger partial charge on any atom is 0.339 e. The van der Waals surface area contributed by atoms with Gasteiger partial charge in [-0.3, -0.25) is 0 Å². The molecule has 0 amide bonds. The number of carbonyl (C=O) groups is 1. The molecule has 1 rings (SSSR count). The lowest BCUT2D eigenvalue weighted by Crippen LogP contribution is -2.05. The maximum absolute atomic E-state index is 12.7. The van der Waals surface area contributed by atoms with Crippen LogP contribution in [0.4, 0.5) is 4.39 Å². The van der Waals surface area contributed by atoms with Gasteiger partial charge in [0.05, 0.1) is 17.2 Å². The van der Waals surface area contributed by atoms with Crippen LogP contribution in [-0.4, -0.2) is 12.6 Å². The molecular weight excluding hydrogens is 195 g/mol. The number of ether oxygens (including phenoxy) is 1. The van der Waals surface area contributed by atoms with Crippen LogP contribution in [0.2, 0.25) is 5.02 Å². The minimum Gasteiger partial charge on any atom is -0.462 e. The third kappa shape index (κ3) is 2.42. The Bertz CT molecular complexity index is 325. The van der Waals surface area contributed by atoms with Crippen molar-refractivity contribution in [2.75, 3.05) is 6.61 Å². The average molecular weight is 203 g/mol. The van der Waals surface area contributed by atoms with Gasteiger partial charge in [-0.25, -0.2) is 9.18 Å². The summed E-state index contributed by atoms with van der Waals surface area (Å²) in [6.45, 7) is 1.91. The minimum absolute atomic E-state index is 0.0588. The Morgan fingerprint density at radius 3 is 2.92 bits per heavy atom. The molecule has 0 aromatic heterocycles. The lowest BCUT2D eigenvalue weighted by atomic mass is 10.2. The van der Waals surface area contributed by atoms with Crippen molar-refractivity contribution in [2.45, 2.75) is 6.92 Å². The molecule has 0 unspecified atom stereocenters. The molecule has 13 heavy (non-hydrogen) atoms. The second-order valence-corrected chi connectivity index (χ2v) is 2.75. The van der Waals surface area contributed by atoms with Crippen LogP contribution in [0.15, 0.2) is 18.2 Å². The highest BCUT2D eigenvalue weighted by atomic mass is 35.5. The zero-order valence-electron chi connectivity index (χ0n) is 7.01. The molecule has 0 N–H and O–H groups in total. The third-order valence-electron chi connectivity index (χ3n) is 1.42. The Kier molecular flexibility index (Phi) is 3.25. The first-order valence-electron chi connectivity index (χ1n) is 3.77. The Hall–Kier alpha value is -1.09. The Morgan fingerprint density at radius 2 is 2.31 bits per heavy atom. The van der Waals surface area contributed by atoms with Gasteiger partial charge >= 0.3 is 5.97 Å². The molecule has 0 atom stereocenters. The molecule has 0 fully saturated rings. The molecule has 70 valence electrons. The minimum atomic E-state index is -0.605. The second-order valence-electron chi connectivity index (χ2n) is 2.34. The summed E-state index contributed by atoms with van der Waals surface area (Å²) in [6.07, 6.45) is 0. The number of hydrogen-bond donors (Lipinski definition) is 0. The fourth-order valence-electron chi connectivity index (χ4n) is 0.863. The van der Waals surface area contributed by atoms with Crippen LogP contribution in [0.1, 0.15) is 17.3 Å². The SMILES string of the molecule is CCOC(=O)c1cc(F)ccc1Cl. The number of benzene rings is 1. The van der Waals surface area contributed by atoms with Gasteiger partial charge < -0.3 is 4.74 Å². The summed E-state index contributed by atoms with van der Waals surface area (Å²) in [6, 6.07) is 3.56. The summed E-state index contributed by atoms with van der Waals surface area (Å²) in [7, 11) is 0. The molecule has 0 aliphatic heterocycles. The van der Waals surface area contributed by atoms with E-state index < -0.39 is 11.8 Å². The van der Waals surface area contributed by atoms with Crippen LogP contribution >= 0.6 is 11.6 Å². The molecule has 0 aliphatic rings. The number of carbonyl (C=O) groups excluding carboxylic acids is 1. The highest BCUT2D eigenvalue weighted by Gasteiger charge is 2.11. The summed E-state index contributed by atoms with van der Waals surface area (Å²) in [5.41, 5.74) is 0.0588. The van der Waals surface area contributed by atoms with E-state index in [1.165, 1.54) is 12.1 Å². The van der Waals surface area contributed by atoms with Gasteiger partial charge in [0.25, 0.3) is 0 Å². The van der Waals surface area contributed by atoms with Crippen molar-refractivity contribution in [3.8, 4) is 0 Å². The van der Waals surface area contributed by atoms with Crippen molar-refractivity contribution in [1.82, 2.24) is 0 Å². The smallest absolute Gasteiger partial charge is 0.339 e. The first-order chi connectivity index (χ1) is 6.15. The topological polar surface area (TPSA) is 26.3 Å². The summed E-state index contributed by atoms with van der Waals surface area (Å²) in [5, 5.41) is 0.194. The van der Waals surface area contributed by atoms with Gasteiger partial charge in [0, 0.05) is 0 Å². The third-order valence-corrected chi connectivity index (χ3v) is 1.75. The fraction of sp³-hybridized carbons (Fsp3) is 0.222. The molecule has 0 aliphatic carbocycles. The van der Waals surface area contributed by atoms with Crippen LogP contribution < -0.4 is 0 Å². The van der Waals surface area contributed by atoms with E-state index in [9.17, 15) is 9.18 Å². The predicted octanol–water partition coefficient (Wildman–Crippen LogP) is 2.66. The molecule has 0 heterocycles. The van der Waals surface area contributed by atoms with Gasteiger partial charge in [-0.1, -0.05) is 11.6 Å². The van der Waals surface area contributed by atoms with E-state index in [1.807, 2.05) is 0 Å². The summed E-state index contributed by atoms with van der Waals surface area (Å²) in [4.78, 5) is 11.1. The van der Waals surface area contributed by atoms with Crippen LogP contribution in [0.25, 0.3) is 0 Å². The normalized spacial score (nSPS) is 9.77. The summed E-state index contributed by atoms with van der Waals surface area (Å²) in [5.74, 6) is -1.11. The van der Waals surface area contributed by atoms with E-state index in [1.54, 1.807) is 6.92 Å². The fourth-order valence-corrected chi connectivity index (χ4v) is 1.06. The molecular formula is C9H8ClFO2. The molecule has 0 spiro atoms. The first kappa shape index (κ1) is 9.99. The zero-order chi connectivity index (χ0) is 9.84. The molecule has 4 heteroatoms. The molecule has 0 saturated carbocycles. The van der Waals surface area contributed by atoms with Crippen molar-refractivity contribution in [3.63, 3.8) is 0 Å². The van der Waals surface area contributed by atoms with Gasteiger partial charge in [0.2, 0.25) is 0 Å². The number of hydrogen-bond acceptors (Lipinski definition) is 2. The second kappa shape index (κ2) is 4.23. The van der Waals surface area contributed by atoms with Crippen molar-refractivity contribution in [2.24, 2.45) is 0 Å². The molecule has 2 nitrogen and oxygen atoms in total. The van der Waals surface area contributed by atoms with E-state index in [0.717, 1.165) is 6.07 Å². The van der Waals surface area contributed by atoms with Crippen molar-refractivity contribution in [3.05, 3.63) is 34.6 Å². The lowest BCUT2D eigenvalue weighted by molar-refractivity contribution is 0.0526. The molecule has 0 radical (unpaired) electrons. The molecule has 0 bridgehead atoms. The first-order valence-corrected chi connectivity index (χ1v) is 4.15. The van der Waals surface area contributed by atoms with E-state index in [-0.39, 0.29) is 17.2 Å². The van der Waals surface area contributed by atoms with E-state index in [0.29, 0.717) is 0 Å². The Balaban J connectivity index is 2.99. The average Bonchev–Trinajstić information content (AvgIpc) is 2.09. The summed E-state index contributed by atoms with van der Waals surface area (Å²) >= 11 is 5.66. The number of halogens is 2. The van der Waals surface area contributed by atoms with Crippen molar-refractivity contribution < 1.29 is 13.9 Å². The lowest BCUT2D eigenvalue weighted by Gasteiger charge is -2.03. The standard InChI is InChI=1S/C9H8ClFO2/c1-2-13-9(12)7-5-6(11)3-4-8(7)10/h3-5H,2H2,1H3. The van der Waals surface area contributed by atoms with Gasteiger partial charge in [-0.05, 0) is 25.1 Å². The van der Waals surface area contributed by atoms with Crippen LogP contribution in [0.3, 0.4) is 0 Å².